The minimum Gasteiger partial charge on any atom is -0.372 e. The maximum Gasteiger partial charge on any atom is 0.0936 e. The van der Waals surface area contributed by atoms with Gasteiger partial charge in [0.2, 0.25) is 0 Å². The average molecular weight is 140 g/mol. The number of ether oxygens (including phenoxy) is 1. The Balaban J connectivity index is 1.97. The first-order valence-corrected chi connectivity index (χ1v) is 3.50. The van der Waals surface area contributed by atoms with Crippen LogP contribution in [0.15, 0.2) is 0 Å². The zero-order valence-electron chi connectivity index (χ0n) is 6.21. The monoisotopic (exact) mass is 140 g/mol. The topological polar surface area (TPSA) is 39.6 Å². The van der Waals surface area contributed by atoms with Crippen LogP contribution in [0, 0.1) is 11.3 Å². The van der Waals surface area contributed by atoms with Gasteiger partial charge in [-0.1, -0.05) is 0 Å². The molecule has 1 rings (SSSR count). The van der Waals surface area contributed by atoms with E-state index >= 15 is 0 Å². The zero-order valence-corrected chi connectivity index (χ0v) is 6.21. The van der Waals surface area contributed by atoms with E-state index in [4.69, 9.17) is 10.00 Å². The highest BCUT2D eigenvalue weighted by Gasteiger charge is 2.23. The molecule has 3 heteroatoms. The first-order valence-electron chi connectivity index (χ1n) is 3.50. The molecular formula is C7H12N2O. The Morgan fingerprint density at radius 1 is 1.80 bits per heavy atom. The summed E-state index contributed by atoms with van der Waals surface area (Å²) in [5.74, 6) is 0. The molecule has 0 radical (unpaired) electrons. The van der Waals surface area contributed by atoms with E-state index in [1.807, 2.05) is 7.05 Å². The lowest BCUT2D eigenvalue weighted by atomic mass is 10.4. The molecule has 56 valence electrons. The molecule has 0 unspecified atom stereocenters. The van der Waals surface area contributed by atoms with Crippen molar-refractivity contribution in [3.05, 3.63) is 0 Å². The Morgan fingerprint density at radius 3 is 3.00 bits per heavy atom. The fraction of sp³-hybridized carbons (Fsp3) is 0.857. The molecule has 0 bridgehead atoms. The van der Waals surface area contributed by atoms with Gasteiger partial charge in [-0.3, -0.25) is 0 Å². The predicted octanol–water partition coefficient (Wildman–Crippen LogP) is 0.231. The summed E-state index contributed by atoms with van der Waals surface area (Å²) in [6.07, 6.45) is 1.06. The van der Waals surface area contributed by atoms with Crippen molar-refractivity contribution in [1.29, 1.82) is 5.26 Å². The lowest BCUT2D eigenvalue weighted by Crippen LogP contribution is -2.24. The van der Waals surface area contributed by atoms with Gasteiger partial charge < -0.3 is 9.64 Å². The molecule has 0 N–H and O–H groups in total. The van der Waals surface area contributed by atoms with E-state index in [2.05, 4.69) is 11.0 Å². The molecule has 0 spiro atoms. The molecule has 10 heavy (non-hydrogen) atoms. The van der Waals surface area contributed by atoms with Gasteiger partial charge in [0.25, 0.3) is 0 Å². The summed E-state index contributed by atoms with van der Waals surface area (Å²) in [6, 6.07) is 2.11. The summed E-state index contributed by atoms with van der Waals surface area (Å²) in [5, 5.41) is 8.26. The Kier molecular flexibility index (Phi) is 2.67. The maximum absolute atomic E-state index is 8.26. The van der Waals surface area contributed by atoms with Crippen molar-refractivity contribution < 1.29 is 4.74 Å². The molecule has 0 amide bonds. The lowest BCUT2D eigenvalue weighted by Gasteiger charge is -2.11. The van der Waals surface area contributed by atoms with E-state index in [1.54, 1.807) is 0 Å². The molecule has 0 aromatic heterocycles. The van der Waals surface area contributed by atoms with Crippen molar-refractivity contribution in [1.82, 2.24) is 4.90 Å². The third-order valence-corrected chi connectivity index (χ3v) is 1.52. The summed E-state index contributed by atoms with van der Waals surface area (Å²) in [7, 11) is 2.01. The number of hydrogen-bond acceptors (Lipinski definition) is 3. The molecule has 0 aliphatic carbocycles. The predicted molar refractivity (Wildman–Crippen MR) is 37.5 cm³/mol. The van der Waals surface area contributed by atoms with Crippen LogP contribution in [0.2, 0.25) is 0 Å². The molecule has 1 aliphatic rings. The quantitative estimate of drug-likeness (QED) is 0.525. The molecule has 1 saturated heterocycles. The summed E-state index contributed by atoms with van der Waals surface area (Å²) in [5.41, 5.74) is 0. The standard InChI is InChI=1S/C7H12N2O/c1-9(4-2-3-8)5-7-6-10-7/h7H,2,4-6H2,1H3/t7-/m1/s1. The number of rotatable bonds is 4. The maximum atomic E-state index is 8.26. The fourth-order valence-corrected chi connectivity index (χ4v) is 0.853. The Hall–Kier alpha value is -0.590. The molecule has 1 atom stereocenters. The number of likely N-dealkylation sites (N-methyl/N-ethyl adjacent to an activating group) is 1. The Labute approximate surface area is 61.2 Å². The summed E-state index contributed by atoms with van der Waals surface area (Å²) in [6.45, 7) is 2.73. The number of nitrogens with zero attached hydrogens (tertiary/aromatic N) is 2. The van der Waals surface area contributed by atoms with Crippen LogP contribution in [-0.2, 0) is 4.74 Å². The highest BCUT2D eigenvalue weighted by molar-refractivity contribution is 4.76. The average Bonchev–Trinajstić information content (AvgIpc) is 2.67. The van der Waals surface area contributed by atoms with E-state index in [0.717, 1.165) is 19.7 Å². The van der Waals surface area contributed by atoms with Gasteiger partial charge in [0.05, 0.1) is 18.8 Å². The third-order valence-electron chi connectivity index (χ3n) is 1.52. The third kappa shape index (κ3) is 2.81. The highest BCUT2D eigenvalue weighted by Crippen LogP contribution is 2.09. The first kappa shape index (κ1) is 7.52. The Bertz CT molecular complexity index is 137. The van der Waals surface area contributed by atoms with Crippen molar-refractivity contribution in [3.63, 3.8) is 0 Å². The first-order chi connectivity index (χ1) is 4.83. The van der Waals surface area contributed by atoms with Crippen molar-refractivity contribution in [2.45, 2.75) is 12.5 Å². The zero-order chi connectivity index (χ0) is 7.40. The second kappa shape index (κ2) is 3.55. The second-order valence-electron chi connectivity index (χ2n) is 2.63. The second-order valence-corrected chi connectivity index (χ2v) is 2.63. The SMILES string of the molecule is CN(CCC#N)C[C@@H]1CO1. The summed E-state index contributed by atoms with van der Waals surface area (Å²) < 4.78 is 5.03. The minimum absolute atomic E-state index is 0.448. The smallest absolute Gasteiger partial charge is 0.0936 e. The Morgan fingerprint density at radius 2 is 2.50 bits per heavy atom. The molecule has 0 aromatic carbocycles. The summed E-state index contributed by atoms with van der Waals surface area (Å²) >= 11 is 0. The van der Waals surface area contributed by atoms with Gasteiger partial charge in [0.1, 0.15) is 0 Å². The fourth-order valence-electron chi connectivity index (χ4n) is 0.853. The summed E-state index contributed by atoms with van der Waals surface area (Å²) in [4.78, 5) is 2.13. The van der Waals surface area contributed by atoms with Crippen molar-refractivity contribution in [3.8, 4) is 6.07 Å². The van der Waals surface area contributed by atoms with Gasteiger partial charge in [-0.05, 0) is 7.05 Å². The van der Waals surface area contributed by atoms with Crippen LogP contribution in [0.4, 0.5) is 0 Å². The van der Waals surface area contributed by atoms with E-state index in [9.17, 15) is 0 Å². The highest BCUT2D eigenvalue weighted by atomic mass is 16.6. The van der Waals surface area contributed by atoms with Gasteiger partial charge in [-0.15, -0.1) is 0 Å². The number of nitriles is 1. The van der Waals surface area contributed by atoms with Crippen LogP contribution in [-0.4, -0.2) is 37.7 Å². The lowest BCUT2D eigenvalue weighted by molar-refractivity contribution is 0.289. The van der Waals surface area contributed by atoms with Crippen LogP contribution in [0.3, 0.4) is 0 Å². The minimum atomic E-state index is 0.448. The van der Waals surface area contributed by atoms with Crippen LogP contribution in [0.5, 0.6) is 0 Å². The van der Waals surface area contributed by atoms with Crippen LogP contribution >= 0.6 is 0 Å². The van der Waals surface area contributed by atoms with Crippen molar-refractivity contribution >= 4 is 0 Å². The van der Waals surface area contributed by atoms with Gasteiger partial charge in [-0.2, -0.15) is 5.26 Å². The normalized spacial score (nSPS) is 22.7. The van der Waals surface area contributed by atoms with E-state index in [0.29, 0.717) is 12.5 Å². The van der Waals surface area contributed by atoms with Gasteiger partial charge >= 0.3 is 0 Å². The van der Waals surface area contributed by atoms with Gasteiger partial charge in [-0.25, -0.2) is 0 Å². The number of hydrogen-bond donors (Lipinski definition) is 0. The van der Waals surface area contributed by atoms with Crippen LogP contribution in [0.1, 0.15) is 6.42 Å². The molecule has 1 aliphatic heterocycles. The van der Waals surface area contributed by atoms with E-state index < -0.39 is 0 Å². The van der Waals surface area contributed by atoms with Gasteiger partial charge in [0, 0.05) is 19.5 Å². The van der Waals surface area contributed by atoms with Crippen molar-refractivity contribution in [2.75, 3.05) is 26.7 Å². The molecule has 0 aromatic rings. The van der Waals surface area contributed by atoms with Crippen LogP contribution < -0.4 is 0 Å². The molecule has 3 nitrogen and oxygen atoms in total. The largest absolute Gasteiger partial charge is 0.372 e. The van der Waals surface area contributed by atoms with Crippen LogP contribution in [0.25, 0.3) is 0 Å². The van der Waals surface area contributed by atoms with E-state index in [-0.39, 0.29) is 0 Å². The molecule has 0 saturated carbocycles. The molecular weight excluding hydrogens is 128 g/mol. The van der Waals surface area contributed by atoms with Crippen molar-refractivity contribution in [2.24, 2.45) is 0 Å². The van der Waals surface area contributed by atoms with E-state index in [1.165, 1.54) is 0 Å². The number of epoxide rings is 1. The van der Waals surface area contributed by atoms with Gasteiger partial charge in [0.15, 0.2) is 0 Å². The molecule has 1 heterocycles. The molecule has 1 fully saturated rings.